The van der Waals surface area contributed by atoms with Crippen LogP contribution in [0.2, 0.25) is 0 Å². The molecule has 0 fully saturated rings. The molecule has 0 unspecified atom stereocenters. The third-order valence-corrected chi connectivity index (χ3v) is 8.78. The molecular formula is C27H30F2N3OS3+. The highest BCUT2D eigenvalue weighted by atomic mass is 32.2. The van der Waals surface area contributed by atoms with Gasteiger partial charge in [0.1, 0.15) is 0 Å². The molecule has 2 aromatic carbocycles. The van der Waals surface area contributed by atoms with Crippen LogP contribution in [0.5, 0.6) is 0 Å². The van der Waals surface area contributed by atoms with Gasteiger partial charge in [0.25, 0.3) is 5.01 Å². The molecule has 0 saturated carbocycles. The number of rotatable bonds is 8. The third-order valence-electron chi connectivity index (χ3n) is 5.41. The molecule has 0 N–H and O–H groups in total. The standard InChI is InChI=1S/C25H24F2N3OS3.C2H6/c1-4-28(2)23(14-24-30(10-11-32-24)15-17-8-6-5-7-9-17)33-22(16-31)25-29(3)20-12-18(26)19(27)13-21(20)34-25;1-2/h5-14,16H,4,15H2,1-3H3;1-2H3/q+1;/b25-22+;. The molecule has 0 saturated heterocycles. The van der Waals surface area contributed by atoms with Crippen molar-refractivity contribution in [3.05, 3.63) is 91.2 Å². The van der Waals surface area contributed by atoms with Crippen molar-refractivity contribution in [2.24, 2.45) is 0 Å². The molecule has 9 heteroatoms. The lowest BCUT2D eigenvalue weighted by molar-refractivity contribution is -0.685. The first kappa shape index (κ1) is 28.0. The largest absolute Gasteiger partial charge is 0.369 e. The van der Waals surface area contributed by atoms with Crippen molar-refractivity contribution in [3.8, 4) is 0 Å². The van der Waals surface area contributed by atoms with Crippen molar-refractivity contribution in [2.45, 2.75) is 32.2 Å². The van der Waals surface area contributed by atoms with Crippen LogP contribution in [0.25, 0.3) is 6.08 Å². The number of nitrogens with zero attached hydrogens (tertiary/aromatic N) is 3. The molecule has 3 aromatic rings. The van der Waals surface area contributed by atoms with E-state index in [-0.39, 0.29) is 0 Å². The van der Waals surface area contributed by atoms with Crippen molar-refractivity contribution in [3.63, 3.8) is 0 Å². The predicted molar refractivity (Wildman–Crippen MR) is 149 cm³/mol. The minimum absolute atomic E-state index is 0.488. The number of hydrogen-bond donors (Lipinski definition) is 0. The highest BCUT2D eigenvalue weighted by Gasteiger charge is 2.28. The Hall–Kier alpha value is -2.62. The summed E-state index contributed by atoms with van der Waals surface area (Å²) in [6, 6.07) is 12.6. The first-order chi connectivity index (χ1) is 17.4. The zero-order valence-corrected chi connectivity index (χ0v) is 23.4. The second-order valence-electron chi connectivity index (χ2n) is 7.64. The molecule has 4 rings (SSSR count). The summed E-state index contributed by atoms with van der Waals surface area (Å²) in [7, 11) is 3.74. The van der Waals surface area contributed by atoms with Crippen LogP contribution in [0.3, 0.4) is 0 Å². The molecule has 1 aliphatic rings. The molecule has 0 atom stereocenters. The second-order valence-corrected chi connectivity index (χ2v) is 10.7. The summed E-state index contributed by atoms with van der Waals surface area (Å²) in [4.78, 5) is 17.1. The highest BCUT2D eigenvalue weighted by Crippen LogP contribution is 2.49. The van der Waals surface area contributed by atoms with Crippen LogP contribution in [0.15, 0.2) is 73.9 Å². The lowest BCUT2D eigenvalue weighted by Gasteiger charge is -2.21. The summed E-state index contributed by atoms with van der Waals surface area (Å²) < 4.78 is 29.7. The Morgan fingerprint density at radius 2 is 1.86 bits per heavy atom. The van der Waals surface area contributed by atoms with E-state index in [9.17, 15) is 13.6 Å². The summed E-state index contributed by atoms with van der Waals surface area (Å²) in [5, 5.41) is 4.66. The van der Waals surface area contributed by atoms with Crippen LogP contribution < -0.4 is 9.47 Å². The van der Waals surface area contributed by atoms with Crippen molar-refractivity contribution >= 4 is 52.9 Å². The fourth-order valence-corrected chi connectivity index (χ4v) is 6.53. The van der Waals surface area contributed by atoms with Gasteiger partial charge in [-0.25, -0.2) is 8.78 Å². The Morgan fingerprint density at radius 3 is 2.53 bits per heavy atom. The number of fused-ring (bicyclic) bond motifs is 1. The van der Waals surface area contributed by atoms with Crippen molar-refractivity contribution in [1.82, 2.24) is 4.90 Å². The number of aldehydes is 1. The Kier molecular flexibility index (Phi) is 10.2. The molecule has 190 valence electrons. The normalized spacial score (nSPS) is 14.2. The van der Waals surface area contributed by atoms with Gasteiger partial charge >= 0.3 is 0 Å². The number of carbonyl (C=O) groups is 1. The lowest BCUT2D eigenvalue weighted by Crippen LogP contribution is -2.34. The van der Waals surface area contributed by atoms with E-state index < -0.39 is 11.6 Å². The summed E-state index contributed by atoms with van der Waals surface area (Å²) in [5.74, 6) is -1.80. The Labute approximate surface area is 224 Å². The minimum Gasteiger partial charge on any atom is -0.369 e. The van der Waals surface area contributed by atoms with Crippen LogP contribution in [0.1, 0.15) is 31.3 Å². The topological polar surface area (TPSA) is 27.4 Å². The number of carbonyl (C=O) groups excluding carboxylic acids is 1. The van der Waals surface area contributed by atoms with Gasteiger partial charge in [-0.15, -0.1) is 0 Å². The molecule has 1 aromatic heterocycles. The van der Waals surface area contributed by atoms with Crippen molar-refractivity contribution in [2.75, 3.05) is 25.5 Å². The Bertz CT molecular complexity index is 1260. The Balaban J connectivity index is 0.00000176. The number of aromatic nitrogens is 1. The quantitative estimate of drug-likeness (QED) is 0.173. The van der Waals surface area contributed by atoms with E-state index in [1.807, 2.05) is 51.4 Å². The summed E-state index contributed by atoms with van der Waals surface area (Å²) in [6.45, 7) is 7.55. The number of hydrogen-bond acceptors (Lipinski definition) is 6. The van der Waals surface area contributed by atoms with Gasteiger partial charge < -0.3 is 9.80 Å². The number of allylic oxidation sites excluding steroid dienone is 1. The minimum atomic E-state index is -0.903. The third kappa shape index (κ3) is 6.38. The maximum Gasteiger partial charge on any atom is 0.264 e. The number of halogens is 2. The molecule has 0 radical (unpaired) electrons. The maximum atomic E-state index is 13.8. The highest BCUT2D eigenvalue weighted by molar-refractivity contribution is 8.09. The van der Waals surface area contributed by atoms with E-state index in [0.717, 1.165) is 29.4 Å². The maximum absolute atomic E-state index is 13.8. The van der Waals surface area contributed by atoms with Crippen LogP contribution in [-0.4, -0.2) is 31.8 Å². The molecule has 0 amide bonds. The number of anilines is 1. The predicted octanol–water partition coefficient (Wildman–Crippen LogP) is 6.98. The van der Waals surface area contributed by atoms with Gasteiger partial charge in [-0.05, 0) is 13.0 Å². The molecule has 0 aliphatic carbocycles. The molecule has 4 nitrogen and oxygen atoms in total. The lowest BCUT2D eigenvalue weighted by atomic mass is 10.2. The zero-order valence-electron chi connectivity index (χ0n) is 21.0. The van der Waals surface area contributed by atoms with E-state index in [1.165, 1.54) is 41.2 Å². The van der Waals surface area contributed by atoms with Crippen molar-refractivity contribution < 1.29 is 18.1 Å². The second kappa shape index (κ2) is 13.1. The zero-order chi connectivity index (χ0) is 26.2. The van der Waals surface area contributed by atoms with Gasteiger partial charge in [-0.3, -0.25) is 4.79 Å². The smallest absolute Gasteiger partial charge is 0.264 e. The van der Waals surface area contributed by atoms with E-state index in [2.05, 4.69) is 33.9 Å². The molecular weight excluding hydrogens is 517 g/mol. The van der Waals surface area contributed by atoms with E-state index in [4.69, 9.17) is 0 Å². The average molecular weight is 547 g/mol. The molecule has 1 aliphatic heterocycles. The van der Waals surface area contributed by atoms with Crippen LogP contribution in [0.4, 0.5) is 14.5 Å². The van der Waals surface area contributed by atoms with Gasteiger partial charge in [0.2, 0.25) is 0 Å². The first-order valence-corrected chi connectivity index (χ1v) is 14.1. The summed E-state index contributed by atoms with van der Waals surface area (Å²) in [6.07, 6.45) is 4.95. The molecule has 0 bridgehead atoms. The van der Waals surface area contributed by atoms with Gasteiger partial charge in [0.05, 0.1) is 32.1 Å². The first-order valence-electron chi connectivity index (χ1n) is 11.6. The van der Waals surface area contributed by atoms with Gasteiger partial charge in [-0.1, -0.05) is 79.0 Å². The van der Waals surface area contributed by atoms with Gasteiger partial charge in [0.15, 0.2) is 30.7 Å². The van der Waals surface area contributed by atoms with E-state index >= 15 is 0 Å². The summed E-state index contributed by atoms with van der Waals surface area (Å²) in [5.41, 5.74) is 1.75. The molecule has 0 spiro atoms. The van der Waals surface area contributed by atoms with E-state index in [1.54, 1.807) is 23.3 Å². The molecule has 36 heavy (non-hydrogen) atoms. The fraction of sp³-hybridized carbons (Fsp3) is 0.259. The average Bonchev–Trinajstić information content (AvgIpc) is 3.46. The number of thioether (sulfide) groups is 2. The van der Waals surface area contributed by atoms with Crippen molar-refractivity contribution in [1.29, 1.82) is 0 Å². The van der Waals surface area contributed by atoms with E-state index in [0.29, 0.717) is 20.5 Å². The number of benzene rings is 2. The van der Waals surface area contributed by atoms with Gasteiger partial charge in [0, 0.05) is 37.2 Å². The molecule has 2 heterocycles. The number of thiazole rings is 1. The van der Waals surface area contributed by atoms with Crippen LogP contribution in [0, 0.1) is 11.6 Å². The summed E-state index contributed by atoms with van der Waals surface area (Å²) >= 11 is 4.26. The van der Waals surface area contributed by atoms with Gasteiger partial charge in [-0.2, -0.15) is 4.57 Å². The monoisotopic (exact) mass is 546 g/mol. The van der Waals surface area contributed by atoms with Crippen LogP contribution >= 0.6 is 34.9 Å². The SMILES string of the molecule is CC.CCN(C)/C(=C/c1scc[n+]1Cc1ccccc1)S/C(C=O)=C1/Sc2cc(F)c(F)cc2N1C. The fourth-order valence-electron chi connectivity index (χ4n) is 3.41. The Morgan fingerprint density at radius 1 is 1.17 bits per heavy atom. The van der Waals surface area contributed by atoms with Crippen LogP contribution in [-0.2, 0) is 11.3 Å².